The molecule has 4 rings (SSSR count). The standard InChI is InChI=1S/C20H20ClN5O2/c1-25(2)20-22-12-26(24-20)17-5-3-4-16(10-17)23-19(27)14-8-13-9-15(21)6-7-18(13)28-11-14/h3-7,9-10,12,14H,8,11H2,1-2H3,(H,23,27). The van der Waals surface area contributed by atoms with Crippen molar-refractivity contribution < 1.29 is 9.53 Å². The molecule has 2 heterocycles. The zero-order chi connectivity index (χ0) is 19.7. The minimum absolute atomic E-state index is 0.0876. The molecule has 28 heavy (non-hydrogen) atoms. The quantitative estimate of drug-likeness (QED) is 0.732. The molecular formula is C20H20ClN5O2. The van der Waals surface area contributed by atoms with E-state index in [-0.39, 0.29) is 11.8 Å². The molecular weight excluding hydrogens is 378 g/mol. The van der Waals surface area contributed by atoms with Gasteiger partial charge in [0.25, 0.3) is 0 Å². The third-order valence-corrected chi connectivity index (χ3v) is 4.79. The van der Waals surface area contributed by atoms with Crippen LogP contribution in [0.3, 0.4) is 0 Å². The molecule has 3 aromatic rings. The van der Waals surface area contributed by atoms with Gasteiger partial charge in [-0.2, -0.15) is 4.98 Å². The van der Waals surface area contributed by atoms with Crippen LogP contribution in [0.2, 0.25) is 5.02 Å². The van der Waals surface area contributed by atoms with E-state index in [2.05, 4.69) is 15.4 Å². The van der Waals surface area contributed by atoms with Gasteiger partial charge in [0.15, 0.2) is 0 Å². The minimum Gasteiger partial charge on any atom is -0.492 e. The van der Waals surface area contributed by atoms with Crippen LogP contribution in [0.25, 0.3) is 5.69 Å². The summed E-state index contributed by atoms with van der Waals surface area (Å²) in [7, 11) is 3.77. The topological polar surface area (TPSA) is 72.3 Å². The molecule has 1 aliphatic rings. The van der Waals surface area contributed by atoms with E-state index in [1.165, 1.54) is 0 Å². The molecule has 144 valence electrons. The fraction of sp³-hybridized carbons (Fsp3) is 0.250. The number of fused-ring (bicyclic) bond motifs is 1. The fourth-order valence-corrected chi connectivity index (χ4v) is 3.28. The molecule has 1 unspecified atom stereocenters. The lowest BCUT2D eigenvalue weighted by molar-refractivity contribution is -0.121. The van der Waals surface area contributed by atoms with Crippen molar-refractivity contribution in [1.82, 2.24) is 14.8 Å². The van der Waals surface area contributed by atoms with Gasteiger partial charge in [0.2, 0.25) is 11.9 Å². The first-order valence-corrected chi connectivity index (χ1v) is 9.29. The second-order valence-corrected chi connectivity index (χ2v) is 7.32. The van der Waals surface area contributed by atoms with Gasteiger partial charge in [-0.05, 0) is 48.4 Å². The van der Waals surface area contributed by atoms with E-state index in [1.807, 2.05) is 55.4 Å². The Hall–Kier alpha value is -3.06. The molecule has 1 aliphatic heterocycles. The average molecular weight is 398 g/mol. The molecule has 8 heteroatoms. The lowest BCUT2D eigenvalue weighted by atomic mass is 9.96. The number of benzene rings is 2. The number of hydrogen-bond acceptors (Lipinski definition) is 5. The Morgan fingerprint density at radius 1 is 1.29 bits per heavy atom. The number of ether oxygens (including phenoxy) is 1. The highest BCUT2D eigenvalue weighted by molar-refractivity contribution is 6.30. The molecule has 0 saturated carbocycles. The van der Waals surface area contributed by atoms with Gasteiger partial charge < -0.3 is 15.0 Å². The van der Waals surface area contributed by atoms with Crippen LogP contribution >= 0.6 is 11.6 Å². The van der Waals surface area contributed by atoms with E-state index in [0.717, 1.165) is 17.0 Å². The van der Waals surface area contributed by atoms with Crippen molar-refractivity contribution in [2.45, 2.75) is 6.42 Å². The van der Waals surface area contributed by atoms with E-state index in [9.17, 15) is 4.79 Å². The molecule has 2 aromatic carbocycles. The third kappa shape index (κ3) is 3.80. The minimum atomic E-state index is -0.277. The summed E-state index contributed by atoms with van der Waals surface area (Å²) in [5, 5.41) is 8.02. The van der Waals surface area contributed by atoms with Crippen molar-refractivity contribution in [2.24, 2.45) is 5.92 Å². The second kappa shape index (κ2) is 7.52. The van der Waals surface area contributed by atoms with Gasteiger partial charge in [0.1, 0.15) is 18.7 Å². The molecule has 0 radical (unpaired) electrons. The summed E-state index contributed by atoms with van der Waals surface area (Å²) in [4.78, 5) is 18.8. The van der Waals surface area contributed by atoms with E-state index >= 15 is 0 Å². The summed E-state index contributed by atoms with van der Waals surface area (Å²) in [5.74, 6) is 1.04. The number of nitrogens with zero attached hydrogens (tertiary/aromatic N) is 4. The lowest BCUT2D eigenvalue weighted by Crippen LogP contribution is -2.32. The van der Waals surface area contributed by atoms with Crippen molar-refractivity contribution in [2.75, 3.05) is 30.9 Å². The fourth-order valence-electron chi connectivity index (χ4n) is 3.09. The number of aromatic nitrogens is 3. The number of amides is 1. The maximum absolute atomic E-state index is 12.7. The normalized spacial score (nSPS) is 15.5. The molecule has 0 fully saturated rings. The Morgan fingerprint density at radius 2 is 2.14 bits per heavy atom. The van der Waals surface area contributed by atoms with Crippen LogP contribution in [0.15, 0.2) is 48.8 Å². The van der Waals surface area contributed by atoms with Crippen molar-refractivity contribution in [3.05, 3.63) is 59.4 Å². The first-order chi connectivity index (χ1) is 13.5. The number of carbonyl (C=O) groups excluding carboxylic acids is 1. The number of halogens is 1. The predicted octanol–water partition coefficient (Wildman–Crippen LogP) is 3.18. The van der Waals surface area contributed by atoms with Crippen LogP contribution in [-0.2, 0) is 11.2 Å². The van der Waals surface area contributed by atoms with E-state index in [0.29, 0.717) is 29.7 Å². The van der Waals surface area contributed by atoms with Crippen LogP contribution in [0.1, 0.15) is 5.56 Å². The predicted molar refractivity (Wildman–Crippen MR) is 108 cm³/mol. The van der Waals surface area contributed by atoms with Gasteiger partial charge in [0.05, 0.1) is 11.6 Å². The zero-order valence-corrected chi connectivity index (χ0v) is 16.3. The largest absolute Gasteiger partial charge is 0.492 e. The van der Waals surface area contributed by atoms with Gasteiger partial charge in [-0.15, -0.1) is 5.10 Å². The smallest absolute Gasteiger partial charge is 0.244 e. The summed E-state index contributed by atoms with van der Waals surface area (Å²) >= 11 is 6.06. The van der Waals surface area contributed by atoms with E-state index in [1.54, 1.807) is 17.1 Å². The van der Waals surface area contributed by atoms with Crippen molar-refractivity contribution >= 4 is 29.1 Å². The summed E-state index contributed by atoms with van der Waals surface area (Å²) in [6.45, 7) is 0.343. The molecule has 0 aliphatic carbocycles. The van der Waals surface area contributed by atoms with E-state index < -0.39 is 0 Å². The Kier molecular flexibility index (Phi) is 4.92. The highest BCUT2D eigenvalue weighted by Gasteiger charge is 2.26. The maximum atomic E-state index is 12.7. The Balaban J connectivity index is 1.48. The first kappa shape index (κ1) is 18.3. The highest BCUT2D eigenvalue weighted by atomic mass is 35.5. The molecule has 7 nitrogen and oxygen atoms in total. The summed E-state index contributed by atoms with van der Waals surface area (Å²) in [6, 6.07) is 13.0. The number of rotatable bonds is 4. The van der Waals surface area contributed by atoms with Gasteiger partial charge in [-0.1, -0.05) is 17.7 Å². The van der Waals surface area contributed by atoms with Gasteiger partial charge in [-0.25, -0.2) is 4.68 Å². The molecule has 0 bridgehead atoms. The first-order valence-electron chi connectivity index (χ1n) is 8.91. The van der Waals surface area contributed by atoms with Crippen molar-refractivity contribution in [1.29, 1.82) is 0 Å². The number of hydrogen-bond donors (Lipinski definition) is 1. The van der Waals surface area contributed by atoms with Crippen molar-refractivity contribution in [3.8, 4) is 11.4 Å². The average Bonchev–Trinajstić information content (AvgIpc) is 3.18. The Bertz CT molecular complexity index is 1020. The Morgan fingerprint density at radius 3 is 2.93 bits per heavy atom. The van der Waals surface area contributed by atoms with Crippen LogP contribution < -0.4 is 15.0 Å². The summed E-state index contributed by atoms with van der Waals surface area (Å²) < 4.78 is 7.40. The van der Waals surface area contributed by atoms with Crippen LogP contribution in [-0.4, -0.2) is 41.4 Å². The molecule has 1 aromatic heterocycles. The highest BCUT2D eigenvalue weighted by Crippen LogP contribution is 2.30. The summed E-state index contributed by atoms with van der Waals surface area (Å²) in [6.07, 6.45) is 2.24. The number of anilines is 2. The van der Waals surface area contributed by atoms with Crippen LogP contribution in [0, 0.1) is 5.92 Å². The lowest BCUT2D eigenvalue weighted by Gasteiger charge is -2.24. The summed E-state index contributed by atoms with van der Waals surface area (Å²) in [5.41, 5.74) is 2.46. The van der Waals surface area contributed by atoms with Gasteiger partial charge >= 0.3 is 0 Å². The van der Waals surface area contributed by atoms with Crippen molar-refractivity contribution in [3.63, 3.8) is 0 Å². The van der Waals surface area contributed by atoms with Gasteiger partial charge in [0, 0.05) is 24.8 Å². The van der Waals surface area contributed by atoms with E-state index in [4.69, 9.17) is 16.3 Å². The zero-order valence-electron chi connectivity index (χ0n) is 15.6. The molecule has 0 spiro atoms. The third-order valence-electron chi connectivity index (χ3n) is 4.56. The Labute approximate surface area is 167 Å². The van der Waals surface area contributed by atoms with Crippen LogP contribution in [0.5, 0.6) is 5.75 Å². The molecule has 1 amide bonds. The molecule has 0 saturated heterocycles. The van der Waals surface area contributed by atoms with Crippen LogP contribution in [0.4, 0.5) is 11.6 Å². The second-order valence-electron chi connectivity index (χ2n) is 6.89. The number of nitrogens with one attached hydrogen (secondary N) is 1. The molecule has 1 N–H and O–H groups in total. The number of carbonyl (C=O) groups is 1. The molecule has 1 atom stereocenters. The monoisotopic (exact) mass is 397 g/mol. The SMILES string of the molecule is CN(C)c1ncn(-c2cccc(NC(=O)C3COc4ccc(Cl)cc4C3)c2)n1. The maximum Gasteiger partial charge on any atom is 0.244 e. The van der Waals surface area contributed by atoms with Gasteiger partial charge in [-0.3, -0.25) is 4.79 Å².